The van der Waals surface area contributed by atoms with Crippen molar-refractivity contribution in [3.8, 4) is 17.2 Å². The number of fused-ring (bicyclic) bond motifs is 1. The van der Waals surface area contributed by atoms with Crippen molar-refractivity contribution in [1.29, 1.82) is 0 Å². The lowest BCUT2D eigenvalue weighted by molar-refractivity contribution is -0.131. The van der Waals surface area contributed by atoms with Crippen molar-refractivity contribution in [1.82, 2.24) is 10.2 Å². The molecule has 0 bridgehead atoms. The van der Waals surface area contributed by atoms with Gasteiger partial charge in [0.1, 0.15) is 11.3 Å². The Kier molecular flexibility index (Phi) is 4.85. The fraction of sp³-hybridized carbons (Fsp3) is 0.318. The number of ketones is 1. The summed E-state index contributed by atoms with van der Waals surface area (Å²) in [7, 11) is 0. The Bertz CT molecular complexity index is 1050. The lowest BCUT2D eigenvalue weighted by Crippen LogP contribution is -2.40. The Morgan fingerprint density at radius 2 is 1.93 bits per heavy atom. The molecule has 1 fully saturated rings. The van der Waals surface area contributed by atoms with Crippen LogP contribution >= 0.6 is 0 Å². The third-order valence-corrected chi connectivity index (χ3v) is 5.32. The summed E-state index contributed by atoms with van der Waals surface area (Å²) in [5, 5.41) is 2.78. The van der Waals surface area contributed by atoms with E-state index in [1.54, 1.807) is 43.3 Å². The highest BCUT2D eigenvalue weighted by atomic mass is 16.7. The quantitative estimate of drug-likeness (QED) is 0.581. The first-order chi connectivity index (χ1) is 14.3. The molecular weight excluding hydrogens is 388 g/mol. The standard InChI is InChI=1S/C22H22N2O6/c1-4-28-17-7-5-14(13(2)25)9-15(17)11-24-20(26)22(3,23-21(24)27)16-6-8-18-19(10-16)30-12-29-18/h5-10H,4,11-12H2,1-3H3,(H,23,27)/t22-/m1/s1. The number of nitrogens with zero attached hydrogens (tertiary/aromatic N) is 1. The molecule has 156 valence electrons. The Balaban J connectivity index is 1.65. The largest absolute Gasteiger partial charge is 0.494 e. The second-order valence-electron chi connectivity index (χ2n) is 7.33. The van der Waals surface area contributed by atoms with Gasteiger partial charge in [-0.1, -0.05) is 6.07 Å². The van der Waals surface area contributed by atoms with Gasteiger partial charge in [0.25, 0.3) is 5.91 Å². The second-order valence-corrected chi connectivity index (χ2v) is 7.33. The van der Waals surface area contributed by atoms with E-state index in [1.807, 2.05) is 6.92 Å². The number of nitrogens with one attached hydrogen (secondary N) is 1. The number of hydrogen-bond acceptors (Lipinski definition) is 6. The van der Waals surface area contributed by atoms with Gasteiger partial charge in [0, 0.05) is 11.1 Å². The number of amides is 3. The summed E-state index contributed by atoms with van der Waals surface area (Å²) in [6.07, 6.45) is 0. The Hall–Kier alpha value is -3.55. The molecule has 4 rings (SSSR count). The molecule has 0 aliphatic carbocycles. The fourth-order valence-corrected chi connectivity index (χ4v) is 3.63. The van der Waals surface area contributed by atoms with Crippen LogP contribution in [0.5, 0.6) is 17.2 Å². The normalized spacial score (nSPS) is 19.8. The van der Waals surface area contributed by atoms with Crippen LogP contribution in [-0.4, -0.2) is 36.0 Å². The Morgan fingerprint density at radius 1 is 1.17 bits per heavy atom. The van der Waals surface area contributed by atoms with Crippen LogP contribution in [0.2, 0.25) is 0 Å². The van der Waals surface area contributed by atoms with Crippen LogP contribution in [-0.2, 0) is 16.9 Å². The molecular formula is C22H22N2O6. The molecule has 2 aromatic carbocycles. The lowest BCUT2D eigenvalue weighted by atomic mass is 9.91. The van der Waals surface area contributed by atoms with Gasteiger partial charge in [-0.05, 0) is 56.7 Å². The molecule has 2 aromatic rings. The molecule has 8 heteroatoms. The number of carbonyl (C=O) groups excluding carboxylic acids is 3. The number of imide groups is 1. The molecule has 8 nitrogen and oxygen atoms in total. The number of hydrogen-bond donors (Lipinski definition) is 1. The minimum absolute atomic E-state index is 0.0126. The highest BCUT2D eigenvalue weighted by molar-refractivity contribution is 6.07. The molecule has 2 heterocycles. The molecule has 0 aromatic heterocycles. The number of rotatable bonds is 6. The van der Waals surface area contributed by atoms with Crippen molar-refractivity contribution in [3.05, 3.63) is 53.1 Å². The van der Waals surface area contributed by atoms with E-state index in [4.69, 9.17) is 14.2 Å². The Morgan fingerprint density at radius 3 is 2.67 bits per heavy atom. The van der Waals surface area contributed by atoms with Gasteiger partial charge < -0.3 is 19.5 Å². The maximum Gasteiger partial charge on any atom is 0.325 e. The zero-order chi connectivity index (χ0) is 21.5. The van der Waals surface area contributed by atoms with E-state index in [1.165, 1.54) is 6.92 Å². The topological polar surface area (TPSA) is 94.2 Å². The number of Topliss-reactive ketones (excluding diaryl/α,β-unsaturated/α-hetero) is 1. The van der Waals surface area contributed by atoms with Crippen molar-refractivity contribution in [2.24, 2.45) is 0 Å². The number of carbonyl (C=O) groups is 3. The van der Waals surface area contributed by atoms with Gasteiger partial charge in [-0.2, -0.15) is 0 Å². The average Bonchev–Trinajstić information content (AvgIpc) is 3.27. The molecule has 1 saturated heterocycles. The molecule has 2 aliphatic rings. The second kappa shape index (κ2) is 7.37. The third kappa shape index (κ3) is 3.24. The summed E-state index contributed by atoms with van der Waals surface area (Å²) in [4.78, 5) is 38.9. The molecule has 30 heavy (non-hydrogen) atoms. The average molecular weight is 410 g/mol. The van der Waals surface area contributed by atoms with Gasteiger partial charge in [0.2, 0.25) is 6.79 Å². The van der Waals surface area contributed by atoms with Crippen LogP contribution < -0.4 is 19.5 Å². The zero-order valence-electron chi connectivity index (χ0n) is 17.0. The summed E-state index contributed by atoms with van der Waals surface area (Å²) in [5.74, 6) is 1.14. The molecule has 0 saturated carbocycles. The molecule has 2 aliphatic heterocycles. The van der Waals surface area contributed by atoms with E-state index < -0.39 is 17.5 Å². The minimum Gasteiger partial charge on any atom is -0.494 e. The van der Waals surface area contributed by atoms with Crippen LogP contribution in [0, 0.1) is 0 Å². The van der Waals surface area contributed by atoms with E-state index >= 15 is 0 Å². The molecule has 0 radical (unpaired) electrons. The molecule has 0 spiro atoms. The van der Waals surface area contributed by atoms with E-state index in [2.05, 4.69) is 5.32 Å². The van der Waals surface area contributed by atoms with Crippen LogP contribution in [0.3, 0.4) is 0 Å². The van der Waals surface area contributed by atoms with Crippen molar-refractivity contribution in [2.45, 2.75) is 32.9 Å². The zero-order valence-corrected chi connectivity index (χ0v) is 17.0. The van der Waals surface area contributed by atoms with E-state index in [0.717, 1.165) is 4.90 Å². The van der Waals surface area contributed by atoms with Gasteiger partial charge in [-0.3, -0.25) is 14.5 Å². The summed E-state index contributed by atoms with van der Waals surface area (Å²) >= 11 is 0. The van der Waals surface area contributed by atoms with E-state index in [9.17, 15) is 14.4 Å². The van der Waals surface area contributed by atoms with Gasteiger partial charge >= 0.3 is 6.03 Å². The van der Waals surface area contributed by atoms with Crippen LogP contribution in [0.15, 0.2) is 36.4 Å². The van der Waals surface area contributed by atoms with Crippen molar-refractivity contribution in [2.75, 3.05) is 13.4 Å². The summed E-state index contributed by atoms with van der Waals surface area (Å²) in [6, 6.07) is 9.64. The first-order valence-corrected chi connectivity index (χ1v) is 9.64. The Labute approximate surface area is 173 Å². The number of benzene rings is 2. The monoisotopic (exact) mass is 410 g/mol. The fourth-order valence-electron chi connectivity index (χ4n) is 3.63. The first kappa shape index (κ1) is 19.8. The van der Waals surface area contributed by atoms with Gasteiger partial charge in [-0.25, -0.2) is 4.79 Å². The van der Waals surface area contributed by atoms with Crippen molar-refractivity contribution in [3.63, 3.8) is 0 Å². The molecule has 1 N–H and O–H groups in total. The van der Waals surface area contributed by atoms with Crippen LogP contribution in [0.25, 0.3) is 0 Å². The van der Waals surface area contributed by atoms with E-state index in [-0.39, 0.29) is 19.1 Å². The molecule has 0 unspecified atom stereocenters. The maximum atomic E-state index is 13.3. The van der Waals surface area contributed by atoms with Crippen LogP contribution in [0.1, 0.15) is 42.3 Å². The molecule has 3 amide bonds. The summed E-state index contributed by atoms with van der Waals surface area (Å²) in [5.41, 5.74) is 0.416. The highest BCUT2D eigenvalue weighted by Gasteiger charge is 2.49. The van der Waals surface area contributed by atoms with Crippen molar-refractivity contribution < 1.29 is 28.6 Å². The molecule has 1 atom stereocenters. The number of ether oxygens (including phenoxy) is 3. The van der Waals surface area contributed by atoms with Gasteiger partial charge in [0.15, 0.2) is 17.3 Å². The smallest absolute Gasteiger partial charge is 0.325 e. The summed E-state index contributed by atoms with van der Waals surface area (Å²) in [6.45, 7) is 5.48. The van der Waals surface area contributed by atoms with Gasteiger partial charge in [0.05, 0.1) is 13.2 Å². The van der Waals surface area contributed by atoms with Crippen molar-refractivity contribution >= 4 is 17.7 Å². The lowest BCUT2D eigenvalue weighted by Gasteiger charge is -2.23. The first-order valence-electron chi connectivity index (χ1n) is 9.64. The van der Waals surface area contributed by atoms with Crippen LogP contribution in [0.4, 0.5) is 4.79 Å². The predicted molar refractivity (Wildman–Crippen MR) is 107 cm³/mol. The highest BCUT2D eigenvalue weighted by Crippen LogP contribution is 2.38. The third-order valence-electron chi connectivity index (χ3n) is 5.32. The minimum atomic E-state index is -1.25. The SMILES string of the molecule is CCOc1ccc(C(C)=O)cc1CN1C(=O)N[C@](C)(c2ccc3c(c2)OCO3)C1=O. The number of urea groups is 1. The summed E-state index contributed by atoms with van der Waals surface area (Å²) < 4.78 is 16.3. The van der Waals surface area contributed by atoms with E-state index in [0.29, 0.717) is 40.5 Å². The van der Waals surface area contributed by atoms with Gasteiger partial charge in [-0.15, -0.1) is 0 Å². The maximum absolute atomic E-state index is 13.3. The predicted octanol–water partition coefficient (Wildman–Crippen LogP) is 2.98.